The molecule has 0 aliphatic rings. The van der Waals surface area contributed by atoms with Gasteiger partial charge in [0.25, 0.3) is 0 Å². The first-order chi connectivity index (χ1) is 11.3. The molecule has 0 spiro atoms. The first-order valence-corrected chi connectivity index (χ1v) is 8.00. The average molecular weight is 307 g/mol. The van der Waals surface area contributed by atoms with Crippen LogP contribution in [0.1, 0.15) is 37.7 Å². The second kappa shape index (κ2) is 9.42. The molecule has 0 saturated heterocycles. The molecule has 3 nitrogen and oxygen atoms in total. The highest BCUT2D eigenvalue weighted by molar-refractivity contribution is 5.64. The number of unbranched alkanes of at least 4 members (excludes halogenated alkanes) is 4. The van der Waals surface area contributed by atoms with E-state index in [4.69, 9.17) is 10.00 Å². The Morgan fingerprint density at radius 3 is 2.09 bits per heavy atom. The molecule has 0 fully saturated rings. The highest BCUT2D eigenvalue weighted by Crippen LogP contribution is 2.23. The summed E-state index contributed by atoms with van der Waals surface area (Å²) in [7, 11) is 0. The van der Waals surface area contributed by atoms with Gasteiger partial charge in [-0.1, -0.05) is 37.1 Å². The van der Waals surface area contributed by atoms with Crippen molar-refractivity contribution in [3.8, 4) is 22.9 Å². The minimum atomic E-state index is 0.664. The summed E-state index contributed by atoms with van der Waals surface area (Å²) < 4.78 is 5.73. The number of benzene rings is 2. The molecule has 3 heteroatoms. The van der Waals surface area contributed by atoms with Crippen LogP contribution in [0.4, 0.5) is 0 Å². The minimum absolute atomic E-state index is 0.664. The van der Waals surface area contributed by atoms with Gasteiger partial charge in [0, 0.05) is 6.42 Å². The van der Waals surface area contributed by atoms with Crippen molar-refractivity contribution in [1.29, 1.82) is 5.26 Å². The maximum absolute atomic E-state index is 10.2. The number of nitrogens with zero attached hydrogens (tertiary/aromatic N) is 1. The Hall–Kier alpha value is -2.60. The molecule has 0 aliphatic heterocycles. The maximum Gasteiger partial charge on any atom is 0.119 e. The minimum Gasteiger partial charge on any atom is -0.494 e. The van der Waals surface area contributed by atoms with E-state index in [1.54, 1.807) is 0 Å². The van der Waals surface area contributed by atoms with Crippen molar-refractivity contribution >= 4 is 6.29 Å². The van der Waals surface area contributed by atoms with Crippen molar-refractivity contribution in [3.63, 3.8) is 0 Å². The van der Waals surface area contributed by atoms with Crippen LogP contribution >= 0.6 is 0 Å². The van der Waals surface area contributed by atoms with Crippen LogP contribution in [-0.4, -0.2) is 12.9 Å². The van der Waals surface area contributed by atoms with E-state index in [-0.39, 0.29) is 0 Å². The Morgan fingerprint density at radius 1 is 0.870 bits per heavy atom. The van der Waals surface area contributed by atoms with Gasteiger partial charge in [0.2, 0.25) is 0 Å². The van der Waals surface area contributed by atoms with E-state index in [1.165, 1.54) is 0 Å². The summed E-state index contributed by atoms with van der Waals surface area (Å²) in [5, 5.41) is 8.82. The van der Waals surface area contributed by atoms with Gasteiger partial charge in [-0.15, -0.1) is 0 Å². The van der Waals surface area contributed by atoms with Gasteiger partial charge in [-0.2, -0.15) is 5.26 Å². The third kappa shape index (κ3) is 5.60. The molecule has 2 rings (SSSR count). The van der Waals surface area contributed by atoms with Gasteiger partial charge in [0.05, 0.1) is 18.2 Å². The van der Waals surface area contributed by atoms with Crippen LogP contribution in [0.5, 0.6) is 5.75 Å². The van der Waals surface area contributed by atoms with E-state index in [9.17, 15) is 4.79 Å². The monoisotopic (exact) mass is 307 g/mol. The number of rotatable bonds is 9. The van der Waals surface area contributed by atoms with Crippen molar-refractivity contribution in [2.24, 2.45) is 0 Å². The lowest BCUT2D eigenvalue weighted by Crippen LogP contribution is -1.97. The van der Waals surface area contributed by atoms with Gasteiger partial charge in [0.15, 0.2) is 0 Å². The SMILES string of the molecule is N#Cc1ccc(-c2ccc(OCCCCCCC=O)cc2)cc1. The third-order valence-electron chi connectivity index (χ3n) is 3.69. The quantitative estimate of drug-likeness (QED) is 0.496. The van der Waals surface area contributed by atoms with E-state index in [2.05, 4.69) is 6.07 Å². The topological polar surface area (TPSA) is 50.1 Å². The number of hydrogen-bond acceptors (Lipinski definition) is 3. The van der Waals surface area contributed by atoms with E-state index >= 15 is 0 Å². The summed E-state index contributed by atoms with van der Waals surface area (Å²) >= 11 is 0. The molecule has 23 heavy (non-hydrogen) atoms. The molecule has 0 radical (unpaired) electrons. The predicted molar refractivity (Wildman–Crippen MR) is 91.2 cm³/mol. The molecule has 0 bridgehead atoms. The third-order valence-corrected chi connectivity index (χ3v) is 3.69. The molecule has 0 heterocycles. The Balaban J connectivity index is 1.78. The zero-order valence-corrected chi connectivity index (χ0v) is 13.2. The van der Waals surface area contributed by atoms with Crippen molar-refractivity contribution in [3.05, 3.63) is 54.1 Å². The Bertz CT molecular complexity index is 639. The molecule has 0 aliphatic carbocycles. The van der Waals surface area contributed by atoms with Crippen molar-refractivity contribution in [1.82, 2.24) is 0 Å². The zero-order valence-electron chi connectivity index (χ0n) is 13.2. The fourth-order valence-corrected chi connectivity index (χ4v) is 2.35. The standard InChI is InChI=1S/C20H21NO2/c21-16-17-6-8-18(9-7-17)19-10-12-20(13-11-19)23-15-5-3-1-2-4-14-22/h6-14H,1-5,15H2. The lowest BCUT2D eigenvalue weighted by Gasteiger charge is -2.07. The number of aldehydes is 1. The average Bonchev–Trinajstić information content (AvgIpc) is 2.61. The highest BCUT2D eigenvalue weighted by atomic mass is 16.5. The first-order valence-electron chi connectivity index (χ1n) is 8.00. The number of hydrogen-bond donors (Lipinski definition) is 0. The molecule has 2 aromatic rings. The molecule has 118 valence electrons. The Morgan fingerprint density at radius 2 is 1.48 bits per heavy atom. The molecule has 0 amide bonds. The van der Waals surface area contributed by atoms with Gasteiger partial charge in [-0.25, -0.2) is 0 Å². The molecule has 0 atom stereocenters. The van der Waals surface area contributed by atoms with Crippen LogP contribution in [-0.2, 0) is 4.79 Å². The summed E-state index contributed by atoms with van der Waals surface area (Å²) in [6, 6.07) is 17.7. The van der Waals surface area contributed by atoms with E-state index < -0.39 is 0 Å². The van der Waals surface area contributed by atoms with Crippen LogP contribution in [0.15, 0.2) is 48.5 Å². The van der Waals surface area contributed by atoms with Crippen LogP contribution in [0, 0.1) is 11.3 Å². The largest absolute Gasteiger partial charge is 0.494 e. The fourth-order valence-electron chi connectivity index (χ4n) is 2.35. The zero-order chi connectivity index (χ0) is 16.3. The summed E-state index contributed by atoms with van der Waals surface area (Å²) in [4.78, 5) is 10.2. The van der Waals surface area contributed by atoms with E-state index in [0.29, 0.717) is 18.6 Å². The normalized spacial score (nSPS) is 10.0. The lowest BCUT2D eigenvalue weighted by molar-refractivity contribution is -0.107. The number of carbonyl (C=O) groups is 1. The van der Waals surface area contributed by atoms with Crippen molar-refractivity contribution in [2.45, 2.75) is 32.1 Å². The molecule has 0 N–H and O–H groups in total. The Labute approximate surface area is 137 Å². The van der Waals surface area contributed by atoms with Gasteiger partial charge >= 0.3 is 0 Å². The number of carbonyl (C=O) groups excluding carboxylic acids is 1. The lowest BCUT2D eigenvalue weighted by atomic mass is 10.0. The van der Waals surface area contributed by atoms with Crippen LogP contribution in [0.3, 0.4) is 0 Å². The molecular weight excluding hydrogens is 286 g/mol. The summed E-state index contributed by atoms with van der Waals surface area (Å²) in [6.07, 6.45) is 5.81. The molecule has 2 aromatic carbocycles. The predicted octanol–water partition coefficient (Wildman–Crippen LogP) is 4.75. The van der Waals surface area contributed by atoms with Gasteiger partial charge in [0.1, 0.15) is 12.0 Å². The van der Waals surface area contributed by atoms with Crippen LogP contribution in [0.25, 0.3) is 11.1 Å². The maximum atomic E-state index is 10.2. The van der Waals surface area contributed by atoms with Crippen molar-refractivity contribution < 1.29 is 9.53 Å². The number of ether oxygens (including phenoxy) is 1. The van der Waals surface area contributed by atoms with Gasteiger partial charge in [-0.3, -0.25) is 0 Å². The molecule has 0 unspecified atom stereocenters. The summed E-state index contributed by atoms with van der Waals surface area (Å²) in [5.74, 6) is 0.871. The summed E-state index contributed by atoms with van der Waals surface area (Å²) in [6.45, 7) is 0.706. The second-order valence-corrected chi connectivity index (χ2v) is 5.43. The summed E-state index contributed by atoms with van der Waals surface area (Å²) in [5.41, 5.74) is 2.86. The fraction of sp³-hybridized carbons (Fsp3) is 0.300. The van der Waals surface area contributed by atoms with Crippen LogP contribution in [0.2, 0.25) is 0 Å². The number of nitriles is 1. The smallest absolute Gasteiger partial charge is 0.119 e. The van der Waals surface area contributed by atoms with Crippen molar-refractivity contribution in [2.75, 3.05) is 6.61 Å². The molecule has 0 saturated carbocycles. The first kappa shape index (κ1) is 16.8. The second-order valence-electron chi connectivity index (χ2n) is 5.43. The Kier molecular flexibility index (Phi) is 6.87. The molecular formula is C20H21NO2. The van der Waals surface area contributed by atoms with Crippen LogP contribution < -0.4 is 4.74 Å². The van der Waals surface area contributed by atoms with E-state index in [1.807, 2.05) is 48.5 Å². The highest BCUT2D eigenvalue weighted by Gasteiger charge is 2.00. The van der Waals surface area contributed by atoms with Gasteiger partial charge < -0.3 is 9.53 Å². The van der Waals surface area contributed by atoms with E-state index in [0.717, 1.165) is 48.8 Å². The van der Waals surface area contributed by atoms with Gasteiger partial charge in [-0.05, 0) is 48.2 Å². The molecule has 0 aromatic heterocycles.